The fourth-order valence-electron chi connectivity index (χ4n) is 1.17. The summed E-state index contributed by atoms with van der Waals surface area (Å²) >= 11 is 0. The highest BCUT2D eigenvalue weighted by atomic mass is 16.3. The maximum Gasteiger partial charge on any atom is 0.315 e. The number of urea groups is 1. The van der Waals surface area contributed by atoms with Crippen LogP contribution in [0.3, 0.4) is 0 Å². The molecule has 0 aliphatic rings. The normalized spacial score (nSPS) is 12.2. The van der Waals surface area contributed by atoms with Crippen LogP contribution in [-0.4, -0.2) is 12.6 Å². The van der Waals surface area contributed by atoms with Crippen LogP contribution in [0, 0.1) is 6.92 Å². The summed E-state index contributed by atoms with van der Waals surface area (Å²) in [6.07, 6.45) is 0. The first-order valence-electron chi connectivity index (χ1n) is 4.74. The number of rotatable bonds is 3. The molecule has 14 heavy (non-hydrogen) atoms. The molecule has 4 nitrogen and oxygen atoms in total. The highest BCUT2D eigenvalue weighted by molar-refractivity contribution is 5.74. The van der Waals surface area contributed by atoms with Gasteiger partial charge in [0.2, 0.25) is 0 Å². The molecule has 0 aromatic carbocycles. The molecular formula is C10H16N2O2. The predicted octanol–water partition coefficient (Wildman–Crippen LogP) is 1.97. The van der Waals surface area contributed by atoms with Crippen LogP contribution < -0.4 is 10.6 Å². The van der Waals surface area contributed by atoms with E-state index >= 15 is 0 Å². The van der Waals surface area contributed by atoms with Crippen molar-refractivity contribution in [3.63, 3.8) is 0 Å². The zero-order valence-corrected chi connectivity index (χ0v) is 8.76. The van der Waals surface area contributed by atoms with E-state index in [-0.39, 0.29) is 12.1 Å². The average Bonchev–Trinajstić information content (AvgIpc) is 2.52. The van der Waals surface area contributed by atoms with Gasteiger partial charge in [-0.25, -0.2) is 4.79 Å². The van der Waals surface area contributed by atoms with E-state index in [2.05, 4.69) is 10.6 Å². The van der Waals surface area contributed by atoms with Crippen LogP contribution in [-0.2, 0) is 0 Å². The fourth-order valence-corrected chi connectivity index (χ4v) is 1.17. The van der Waals surface area contributed by atoms with E-state index in [1.54, 1.807) is 0 Å². The molecule has 1 aromatic rings. The Balaban J connectivity index is 2.50. The molecule has 1 rings (SSSR count). The number of hydrogen-bond donors (Lipinski definition) is 2. The lowest BCUT2D eigenvalue weighted by molar-refractivity contribution is 0.236. The lowest BCUT2D eigenvalue weighted by Crippen LogP contribution is -2.36. The van der Waals surface area contributed by atoms with E-state index in [9.17, 15) is 4.79 Å². The maximum atomic E-state index is 11.2. The van der Waals surface area contributed by atoms with Gasteiger partial charge in [0.05, 0.1) is 6.04 Å². The molecular weight excluding hydrogens is 180 g/mol. The minimum absolute atomic E-state index is 0.102. The summed E-state index contributed by atoms with van der Waals surface area (Å²) in [5.41, 5.74) is 0. The summed E-state index contributed by atoms with van der Waals surface area (Å²) in [6, 6.07) is 3.47. The van der Waals surface area contributed by atoms with Crippen molar-refractivity contribution in [1.82, 2.24) is 10.6 Å². The number of hydrogen-bond acceptors (Lipinski definition) is 2. The van der Waals surface area contributed by atoms with E-state index in [0.29, 0.717) is 6.54 Å². The molecule has 0 bridgehead atoms. The Kier molecular flexibility index (Phi) is 3.56. The van der Waals surface area contributed by atoms with Crippen molar-refractivity contribution in [3.05, 3.63) is 23.7 Å². The quantitative estimate of drug-likeness (QED) is 0.776. The third-order valence-corrected chi connectivity index (χ3v) is 1.87. The van der Waals surface area contributed by atoms with Gasteiger partial charge in [-0.3, -0.25) is 0 Å². The Morgan fingerprint density at radius 2 is 2.29 bits per heavy atom. The highest BCUT2D eigenvalue weighted by Crippen LogP contribution is 2.14. The summed E-state index contributed by atoms with van der Waals surface area (Å²) in [4.78, 5) is 11.2. The van der Waals surface area contributed by atoms with Gasteiger partial charge < -0.3 is 15.1 Å². The van der Waals surface area contributed by atoms with E-state index in [1.807, 2.05) is 32.9 Å². The topological polar surface area (TPSA) is 54.3 Å². The van der Waals surface area contributed by atoms with Crippen molar-refractivity contribution < 1.29 is 9.21 Å². The van der Waals surface area contributed by atoms with Crippen molar-refractivity contribution in [3.8, 4) is 0 Å². The van der Waals surface area contributed by atoms with Gasteiger partial charge in [0.25, 0.3) is 0 Å². The minimum Gasteiger partial charge on any atom is -0.464 e. The molecule has 0 aliphatic carbocycles. The van der Waals surface area contributed by atoms with Crippen LogP contribution in [0.4, 0.5) is 4.79 Å². The van der Waals surface area contributed by atoms with Gasteiger partial charge in [-0.05, 0) is 32.9 Å². The first-order chi connectivity index (χ1) is 6.63. The van der Waals surface area contributed by atoms with Crippen molar-refractivity contribution >= 4 is 6.03 Å². The van der Waals surface area contributed by atoms with Crippen LogP contribution in [0.1, 0.15) is 31.4 Å². The van der Waals surface area contributed by atoms with E-state index < -0.39 is 0 Å². The number of carbonyl (C=O) groups excluding carboxylic acids is 1. The molecule has 0 spiro atoms. The van der Waals surface area contributed by atoms with E-state index in [1.165, 1.54) is 0 Å². The van der Waals surface area contributed by atoms with Gasteiger partial charge in [0.15, 0.2) is 0 Å². The smallest absolute Gasteiger partial charge is 0.315 e. The third-order valence-electron chi connectivity index (χ3n) is 1.87. The Labute approximate surface area is 83.7 Å². The molecule has 0 saturated carbocycles. The highest BCUT2D eigenvalue weighted by Gasteiger charge is 2.11. The maximum absolute atomic E-state index is 11.2. The second kappa shape index (κ2) is 4.69. The van der Waals surface area contributed by atoms with Gasteiger partial charge in [-0.1, -0.05) is 0 Å². The summed E-state index contributed by atoms with van der Waals surface area (Å²) in [6.45, 7) is 6.26. The molecule has 0 radical (unpaired) electrons. The second-order valence-electron chi connectivity index (χ2n) is 3.17. The molecule has 2 N–H and O–H groups in total. The van der Waals surface area contributed by atoms with Crippen molar-refractivity contribution in [2.75, 3.05) is 6.54 Å². The van der Waals surface area contributed by atoms with Gasteiger partial charge >= 0.3 is 6.03 Å². The standard InChI is InChI=1S/C10H16N2O2/c1-4-11-10(13)12-8(3)9-6-5-7(2)14-9/h5-6,8H,4H2,1-3H3,(H2,11,12,13). The Bertz CT molecular complexity index is 307. The lowest BCUT2D eigenvalue weighted by Gasteiger charge is -2.11. The van der Waals surface area contributed by atoms with Gasteiger partial charge in [0, 0.05) is 6.54 Å². The minimum atomic E-state index is -0.172. The number of aryl methyl sites for hydroxylation is 1. The van der Waals surface area contributed by atoms with Gasteiger partial charge in [-0.2, -0.15) is 0 Å². The fraction of sp³-hybridized carbons (Fsp3) is 0.500. The average molecular weight is 196 g/mol. The molecule has 4 heteroatoms. The summed E-state index contributed by atoms with van der Waals surface area (Å²) in [7, 11) is 0. The van der Waals surface area contributed by atoms with Gasteiger partial charge in [-0.15, -0.1) is 0 Å². The third kappa shape index (κ3) is 2.80. The second-order valence-corrected chi connectivity index (χ2v) is 3.17. The number of nitrogens with one attached hydrogen (secondary N) is 2. The number of furan rings is 1. The Morgan fingerprint density at radius 1 is 1.57 bits per heavy atom. The summed E-state index contributed by atoms with van der Waals surface area (Å²) in [5, 5.41) is 5.43. The molecule has 2 amide bonds. The van der Waals surface area contributed by atoms with Crippen LogP contribution >= 0.6 is 0 Å². The zero-order valence-electron chi connectivity index (χ0n) is 8.76. The van der Waals surface area contributed by atoms with Crippen molar-refractivity contribution in [2.24, 2.45) is 0 Å². The molecule has 1 heterocycles. The van der Waals surface area contributed by atoms with E-state index in [0.717, 1.165) is 11.5 Å². The lowest BCUT2D eigenvalue weighted by atomic mass is 10.2. The molecule has 0 saturated heterocycles. The largest absolute Gasteiger partial charge is 0.464 e. The van der Waals surface area contributed by atoms with Crippen LogP contribution in [0.15, 0.2) is 16.5 Å². The number of carbonyl (C=O) groups is 1. The first kappa shape index (κ1) is 10.6. The number of amides is 2. The molecule has 1 aromatic heterocycles. The predicted molar refractivity (Wildman–Crippen MR) is 54.1 cm³/mol. The van der Waals surface area contributed by atoms with Crippen LogP contribution in [0.5, 0.6) is 0 Å². The van der Waals surface area contributed by atoms with Gasteiger partial charge in [0.1, 0.15) is 11.5 Å². The first-order valence-corrected chi connectivity index (χ1v) is 4.74. The molecule has 1 atom stereocenters. The molecule has 78 valence electrons. The zero-order chi connectivity index (χ0) is 10.6. The summed E-state index contributed by atoms with van der Waals surface area (Å²) in [5.74, 6) is 1.62. The Hall–Kier alpha value is -1.45. The molecule has 0 aliphatic heterocycles. The molecule has 0 fully saturated rings. The van der Waals surface area contributed by atoms with Crippen molar-refractivity contribution in [1.29, 1.82) is 0 Å². The van der Waals surface area contributed by atoms with E-state index in [4.69, 9.17) is 4.42 Å². The van der Waals surface area contributed by atoms with Crippen molar-refractivity contribution in [2.45, 2.75) is 26.8 Å². The van der Waals surface area contributed by atoms with Crippen LogP contribution in [0.2, 0.25) is 0 Å². The van der Waals surface area contributed by atoms with Crippen LogP contribution in [0.25, 0.3) is 0 Å². The Morgan fingerprint density at radius 3 is 2.79 bits per heavy atom. The summed E-state index contributed by atoms with van der Waals surface area (Å²) < 4.78 is 5.38. The SMILES string of the molecule is CCNC(=O)NC(C)c1ccc(C)o1. The molecule has 1 unspecified atom stereocenters. The monoisotopic (exact) mass is 196 g/mol.